The largest absolute Gasteiger partial charge is 0.462 e. The Balaban J connectivity index is 4.28. The second-order valence-electron chi connectivity index (χ2n) is 16.7. The SMILES string of the molecule is CC/C=C\C/C=C\C/C=C\C/C=C\C/C=C\CCCCCCCCCC(=O)OCC(COC(=O)CCCCCCCCCC)OC(=O)CCCCCCC/C=C\C/C=C\CCC. The van der Waals surface area contributed by atoms with E-state index in [2.05, 4.69) is 106 Å². The minimum Gasteiger partial charge on any atom is -0.462 e. The predicted octanol–water partition coefficient (Wildman–Crippen LogP) is 16.8. The molecule has 6 nitrogen and oxygen atoms in total. The molecule has 6 heteroatoms. The fourth-order valence-corrected chi connectivity index (χ4v) is 6.80. The molecular formula is C56H94O6. The number of rotatable bonds is 45. The van der Waals surface area contributed by atoms with E-state index >= 15 is 0 Å². The van der Waals surface area contributed by atoms with Crippen molar-refractivity contribution < 1.29 is 28.6 Å². The molecule has 0 N–H and O–H groups in total. The van der Waals surface area contributed by atoms with Crippen LogP contribution in [0.4, 0.5) is 0 Å². The zero-order valence-electron chi connectivity index (χ0n) is 40.4. The lowest BCUT2D eigenvalue weighted by Crippen LogP contribution is -2.30. The van der Waals surface area contributed by atoms with E-state index in [1.54, 1.807) is 0 Å². The van der Waals surface area contributed by atoms with E-state index < -0.39 is 6.10 Å². The lowest BCUT2D eigenvalue weighted by molar-refractivity contribution is -0.167. The zero-order chi connectivity index (χ0) is 45.1. The van der Waals surface area contributed by atoms with Crippen LogP contribution in [0.15, 0.2) is 85.1 Å². The Morgan fingerprint density at radius 2 is 0.661 bits per heavy atom. The van der Waals surface area contributed by atoms with Crippen molar-refractivity contribution in [3.8, 4) is 0 Å². The van der Waals surface area contributed by atoms with Gasteiger partial charge in [0.15, 0.2) is 6.10 Å². The lowest BCUT2D eigenvalue weighted by atomic mass is 10.1. The molecule has 0 saturated heterocycles. The normalized spacial score (nSPS) is 12.8. The van der Waals surface area contributed by atoms with Gasteiger partial charge >= 0.3 is 17.9 Å². The van der Waals surface area contributed by atoms with Crippen LogP contribution in [-0.2, 0) is 28.6 Å². The van der Waals surface area contributed by atoms with Gasteiger partial charge in [0.05, 0.1) is 0 Å². The Bertz CT molecular complexity index is 1220. The maximum absolute atomic E-state index is 12.7. The topological polar surface area (TPSA) is 78.9 Å². The summed E-state index contributed by atoms with van der Waals surface area (Å²) in [5, 5.41) is 0. The fourth-order valence-electron chi connectivity index (χ4n) is 6.80. The molecule has 0 amide bonds. The highest BCUT2D eigenvalue weighted by Crippen LogP contribution is 2.14. The van der Waals surface area contributed by atoms with E-state index in [9.17, 15) is 14.4 Å². The van der Waals surface area contributed by atoms with Crippen LogP contribution in [0.5, 0.6) is 0 Å². The average molecular weight is 863 g/mol. The number of carbonyl (C=O) groups is 3. The van der Waals surface area contributed by atoms with Gasteiger partial charge in [-0.2, -0.15) is 0 Å². The molecule has 0 aromatic rings. The van der Waals surface area contributed by atoms with Crippen molar-refractivity contribution in [2.75, 3.05) is 13.2 Å². The molecule has 0 aliphatic carbocycles. The Morgan fingerprint density at radius 1 is 0.339 bits per heavy atom. The predicted molar refractivity (Wildman–Crippen MR) is 265 cm³/mol. The van der Waals surface area contributed by atoms with Crippen LogP contribution in [0, 0.1) is 0 Å². The molecule has 1 atom stereocenters. The highest BCUT2D eigenvalue weighted by molar-refractivity contribution is 5.71. The maximum atomic E-state index is 12.7. The van der Waals surface area contributed by atoms with E-state index in [1.807, 2.05) is 0 Å². The molecule has 0 aromatic carbocycles. The lowest BCUT2D eigenvalue weighted by Gasteiger charge is -2.18. The number of allylic oxidation sites excluding steroid dienone is 14. The first-order valence-electron chi connectivity index (χ1n) is 25.6. The minimum atomic E-state index is -0.785. The summed E-state index contributed by atoms with van der Waals surface area (Å²) in [7, 11) is 0. The third kappa shape index (κ3) is 47.6. The van der Waals surface area contributed by atoms with E-state index in [1.165, 1.54) is 64.2 Å². The maximum Gasteiger partial charge on any atom is 0.306 e. The molecule has 0 heterocycles. The fraction of sp³-hybridized carbons (Fsp3) is 0.696. The Labute approximate surface area is 382 Å². The average Bonchev–Trinajstić information content (AvgIpc) is 3.27. The number of esters is 3. The van der Waals surface area contributed by atoms with E-state index in [-0.39, 0.29) is 31.1 Å². The first kappa shape index (κ1) is 58.6. The van der Waals surface area contributed by atoms with E-state index in [4.69, 9.17) is 14.2 Å². The summed E-state index contributed by atoms with van der Waals surface area (Å²) in [5.74, 6) is -0.918. The van der Waals surface area contributed by atoms with Gasteiger partial charge in [-0.05, 0) is 89.9 Å². The quantitative estimate of drug-likeness (QED) is 0.0263. The summed E-state index contributed by atoms with van der Waals surface area (Å²) in [4.78, 5) is 37.8. The van der Waals surface area contributed by atoms with Crippen molar-refractivity contribution >= 4 is 17.9 Å². The summed E-state index contributed by atoms with van der Waals surface area (Å²) >= 11 is 0. The summed E-state index contributed by atoms with van der Waals surface area (Å²) in [6.07, 6.45) is 64.3. The highest BCUT2D eigenvalue weighted by atomic mass is 16.6. The van der Waals surface area contributed by atoms with E-state index in [0.717, 1.165) is 128 Å². The van der Waals surface area contributed by atoms with Crippen LogP contribution < -0.4 is 0 Å². The minimum absolute atomic E-state index is 0.0855. The van der Waals surface area contributed by atoms with Crippen LogP contribution in [0.3, 0.4) is 0 Å². The Hall–Kier alpha value is -3.41. The molecule has 0 aliphatic rings. The van der Waals surface area contributed by atoms with Crippen LogP contribution >= 0.6 is 0 Å². The Kier molecular flexibility index (Phi) is 47.5. The molecule has 0 bridgehead atoms. The number of carbonyl (C=O) groups excluding carboxylic acids is 3. The van der Waals surface area contributed by atoms with Crippen molar-refractivity contribution in [3.05, 3.63) is 85.1 Å². The molecule has 0 radical (unpaired) electrons. The van der Waals surface area contributed by atoms with Gasteiger partial charge in [0.1, 0.15) is 13.2 Å². The van der Waals surface area contributed by atoms with Gasteiger partial charge < -0.3 is 14.2 Å². The van der Waals surface area contributed by atoms with Gasteiger partial charge in [-0.1, -0.05) is 209 Å². The molecule has 0 aromatic heterocycles. The third-order valence-corrected chi connectivity index (χ3v) is 10.6. The molecule has 354 valence electrons. The smallest absolute Gasteiger partial charge is 0.306 e. The molecule has 0 spiro atoms. The second kappa shape index (κ2) is 50.2. The summed E-state index contributed by atoms with van der Waals surface area (Å²) in [5.41, 5.74) is 0. The molecule has 0 rings (SSSR count). The number of ether oxygens (including phenoxy) is 3. The molecule has 1 unspecified atom stereocenters. The van der Waals surface area contributed by atoms with Crippen LogP contribution in [0.25, 0.3) is 0 Å². The first-order chi connectivity index (χ1) is 30.5. The van der Waals surface area contributed by atoms with E-state index in [0.29, 0.717) is 19.3 Å². The summed E-state index contributed by atoms with van der Waals surface area (Å²) < 4.78 is 16.7. The van der Waals surface area contributed by atoms with Gasteiger partial charge in [0, 0.05) is 19.3 Å². The van der Waals surface area contributed by atoms with Crippen LogP contribution in [-0.4, -0.2) is 37.2 Å². The van der Waals surface area contributed by atoms with Gasteiger partial charge in [0.2, 0.25) is 0 Å². The molecule has 0 saturated carbocycles. The zero-order valence-corrected chi connectivity index (χ0v) is 40.4. The van der Waals surface area contributed by atoms with Crippen molar-refractivity contribution in [2.24, 2.45) is 0 Å². The molecule has 0 aliphatic heterocycles. The number of hydrogen-bond acceptors (Lipinski definition) is 6. The second-order valence-corrected chi connectivity index (χ2v) is 16.7. The van der Waals surface area contributed by atoms with Crippen molar-refractivity contribution in [3.63, 3.8) is 0 Å². The van der Waals surface area contributed by atoms with Gasteiger partial charge in [-0.25, -0.2) is 0 Å². The van der Waals surface area contributed by atoms with Crippen molar-refractivity contribution in [1.82, 2.24) is 0 Å². The highest BCUT2D eigenvalue weighted by Gasteiger charge is 2.19. The van der Waals surface area contributed by atoms with Gasteiger partial charge in [-0.15, -0.1) is 0 Å². The summed E-state index contributed by atoms with van der Waals surface area (Å²) in [6.45, 7) is 6.40. The molecule has 0 fully saturated rings. The molecule has 62 heavy (non-hydrogen) atoms. The van der Waals surface area contributed by atoms with Crippen LogP contribution in [0.1, 0.15) is 233 Å². The first-order valence-corrected chi connectivity index (χ1v) is 25.6. The standard InChI is InChI=1S/C56H94O6/c1-4-7-10-13-16-19-21-23-24-25-26-27-28-29-30-31-32-34-35-37-40-43-46-49-55(58)61-52-53(51-60-54(57)48-45-42-39-18-15-12-9-6-3)62-56(59)50-47-44-41-38-36-33-22-20-17-14-11-8-5-2/h7,10-11,14,16,19-20,22-24,26-27,29-30,53H,4-6,8-9,12-13,15,17-18,21,25,28,31-52H2,1-3H3/b10-7-,14-11-,19-16-,22-20-,24-23-,27-26-,30-29-. The summed E-state index contributed by atoms with van der Waals surface area (Å²) in [6, 6.07) is 0. The third-order valence-electron chi connectivity index (χ3n) is 10.6. The monoisotopic (exact) mass is 863 g/mol. The Morgan fingerprint density at radius 3 is 1.05 bits per heavy atom. The van der Waals surface area contributed by atoms with Crippen LogP contribution in [0.2, 0.25) is 0 Å². The number of unbranched alkanes of at least 4 members (excludes halogenated alkanes) is 20. The molecular weight excluding hydrogens is 769 g/mol. The number of hydrogen-bond donors (Lipinski definition) is 0. The van der Waals surface area contributed by atoms with Gasteiger partial charge in [-0.3, -0.25) is 14.4 Å². The van der Waals surface area contributed by atoms with Gasteiger partial charge in [0.25, 0.3) is 0 Å². The van der Waals surface area contributed by atoms with Crippen molar-refractivity contribution in [1.29, 1.82) is 0 Å². The van der Waals surface area contributed by atoms with Crippen molar-refractivity contribution in [2.45, 2.75) is 239 Å².